The number of nitrogens with two attached hydrogens (primary N) is 1. The number of nitrogens with zero attached hydrogens (tertiary/aromatic N) is 1. The molecule has 0 heterocycles. The standard InChI is InChI=1S/C15H22FN3/c16-14-9-5-4-6-12(14)10-11-18-15(17)19-13-7-2-1-3-8-13/h4-6,9,13H,1-3,7-8,10-11H2,(H3,17,18,19). The maximum atomic E-state index is 13.4. The number of halogens is 1. The molecule has 1 aliphatic carbocycles. The van der Waals surface area contributed by atoms with Crippen LogP contribution in [0.3, 0.4) is 0 Å². The molecule has 0 spiro atoms. The minimum absolute atomic E-state index is 0.170. The lowest BCUT2D eigenvalue weighted by molar-refractivity contribution is 0.412. The lowest BCUT2D eigenvalue weighted by atomic mass is 9.96. The third-order valence-corrected chi connectivity index (χ3v) is 3.58. The summed E-state index contributed by atoms with van der Waals surface area (Å²) in [5.74, 6) is 0.319. The maximum absolute atomic E-state index is 13.4. The Labute approximate surface area is 114 Å². The summed E-state index contributed by atoms with van der Waals surface area (Å²) in [4.78, 5) is 4.27. The average molecular weight is 263 g/mol. The highest BCUT2D eigenvalue weighted by molar-refractivity contribution is 5.78. The van der Waals surface area contributed by atoms with Gasteiger partial charge in [-0.2, -0.15) is 0 Å². The van der Waals surface area contributed by atoms with Gasteiger partial charge in [0.25, 0.3) is 0 Å². The monoisotopic (exact) mass is 263 g/mol. The zero-order valence-corrected chi connectivity index (χ0v) is 11.2. The quantitative estimate of drug-likeness (QED) is 0.648. The molecule has 1 saturated carbocycles. The van der Waals surface area contributed by atoms with E-state index in [1.165, 1.54) is 38.2 Å². The van der Waals surface area contributed by atoms with E-state index in [0.29, 0.717) is 30.5 Å². The van der Waals surface area contributed by atoms with E-state index in [2.05, 4.69) is 10.3 Å². The SMILES string of the molecule is NC(=NCCc1ccccc1F)NC1CCCCC1. The minimum atomic E-state index is -0.170. The van der Waals surface area contributed by atoms with Crippen LogP contribution in [0.25, 0.3) is 0 Å². The van der Waals surface area contributed by atoms with Gasteiger partial charge in [-0.15, -0.1) is 0 Å². The second-order valence-electron chi connectivity index (χ2n) is 5.09. The van der Waals surface area contributed by atoms with Crippen molar-refractivity contribution in [3.63, 3.8) is 0 Å². The molecule has 0 aromatic heterocycles. The van der Waals surface area contributed by atoms with E-state index in [1.807, 2.05) is 6.07 Å². The summed E-state index contributed by atoms with van der Waals surface area (Å²) in [6.45, 7) is 0.520. The molecule has 1 fully saturated rings. The summed E-state index contributed by atoms with van der Waals surface area (Å²) in [5.41, 5.74) is 6.54. The molecule has 0 atom stereocenters. The third-order valence-electron chi connectivity index (χ3n) is 3.58. The summed E-state index contributed by atoms with van der Waals surface area (Å²) in [6.07, 6.45) is 6.77. The Morgan fingerprint density at radius 2 is 2.00 bits per heavy atom. The fourth-order valence-electron chi connectivity index (χ4n) is 2.50. The van der Waals surface area contributed by atoms with Gasteiger partial charge in [0.15, 0.2) is 5.96 Å². The van der Waals surface area contributed by atoms with Gasteiger partial charge < -0.3 is 11.1 Å². The van der Waals surface area contributed by atoms with Gasteiger partial charge in [-0.3, -0.25) is 4.99 Å². The van der Waals surface area contributed by atoms with E-state index < -0.39 is 0 Å². The third kappa shape index (κ3) is 4.54. The summed E-state index contributed by atoms with van der Waals surface area (Å²) in [5, 5.41) is 3.25. The summed E-state index contributed by atoms with van der Waals surface area (Å²) in [6, 6.07) is 7.26. The van der Waals surface area contributed by atoms with Crippen LogP contribution in [0.1, 0.15) is 37.7 Å². The van der Waals surface area contributed by atoms with Crippen LogP contribution in [0.5, 0.6) is 0 Å². The van der Waals surface area contributed by atoms with Crippen LogP contribution in [0.2, 0.25) is 0 Å². The summed E-state index contributed by atoms with van der Waals surface area (Å²) >= 11 is 0. The number of nitrogens with one attached hydrogen (secondary N) is 1. The fraction of sp³-hybridized carbons (Fsp3) is 0.533. The highest BCUT2D eigenvalue weighted by Crippen LogP contribution is 2.17. The van der Waals surface area contributed by atoms with Gasteiger partial charge in [0.1, 0.15) is 5.82 Å². The molecule has 4 heteroatoms. The first-order valence-corrected chi connectivity index (χ1v) is 7.05. The Hall–Kier alpha value is -1.58. The predicted octanol–water partition coefficient (Wildman–Crippen LogP) is 2.61. The lowest BCUT2D eigenvalue weighted by Crippen LogP contribution is -2.41. The molecule has 0 aliphatic heterocycles. The van der Waals surface area contributed by atoms with Crippen molar-refractivity contribution in [2.75, 3.05) is 6.54 Å². The molecule has 3 nitrogen and oxygen atoms in total. The zero-order chi connectivity index (χ0) is 13.5. The van der Waals surface area contributed by atoms with Crippen molar-refractivity contribution in [1.29, 1.82) is 0 Å². The number of hydrogen-bond acceptors (Lipinski definition) is 1. The highest BCUT2D eigenvalue weighted by Gasteiger charge is 2.13. The first kappa shape index (κ1) is 13.8. The van der Waals surface area contributed by atoms with Gasteiger partial charge >= 0.3 is 0 Å². The van der Waals surface area contributed by atoms with Crippen molar-refractivity contribution in [3.8, 4) is 0 Å². The topological polar surface area (TPSA) is 50.4 Å². The molecule has 0 radical (unpaired) electrons. The molecule has 3 N–H and O–H groups in total. The molecule has 1 aliphatic rings. The van der Waals surface area contributed by atoms with Crippen LogP contribution >= 0.6 is 0 Å². The fourth-order valence-corrected chi connectivity index (χ4v) is 2.50. The number of benzene rings is 1. The average Bonchev–Trinajstić information content (AvgIpc) is 2.42. The molecule has 19 heavy (non-hydrogen) atoms. The maximum Gasteiger partial charge on any atom is 0.188 e. The highest BCUT2D eigenvalue weighted by atomic mass is 19.1. The van der Waals surface area contributed by atoms with Gasteiger partial charge in [0.05, 0.1) is 0 Å². The van der Waals surface area contributed by atoms with Gasteiger partial charge in [-0.05, 0) is 30.9 Å². The smallest absolute Gasteiger partial charge is 0.188 e. The Kier molecular flexibility index (Phi) is 5.19. The Morgan fingerprint density at radius 3 is 2.74 bits per heavy atom. The van der Waals surface area contributed by atoms with Crippen molar-refractivity contribution in [1.82, 2.24) is 5.32 Å². The van der Waals surface area contributed by atoms with Crippen molar-refractivity contribution >= 4 is 5.96 Å². The van der Waals surface area contributed by atoms with Gasteiger partial charge in [-0.1, -0.05) is 37.5 Å². The molecular formula is C15H22FN3. The van der Waals surface area contributed by atoms with Crippen molar-refractivity contribution in [2.24, 2.45) is 10.7 Å². The van der Waals surface area contributed by atoms with Gasteiger partial charge in [0.2, 0.25) is 0 Å². The van der Waals surface area contributed by atoms with Crippen LogP contribution in [-0.4, -0.2) is 18.5 Å². The van der Waals surface area contributed by atoms with E-state index >= 15 is 0 Å². The molecule has 1 aromatic rings. The number of aliphatic imine (C=N–C) groups is 1. The zero-order valence-electron chi connectivity index (χ0n) is 11.2. The second kappa shape index (κ2) is 7.12. The summed E-state index contributed by atoms with van der Waals surface area (Å²) in [7, 11) is 0. The lowest BCUT2D eigenvalue weighted by Gasteiger charge is -2.23. The van der Waals surface area contributed by atoms with E-state index in [-0.39, 0.29) is 5.82 Å². The van der Waals surface area contributed by atoms with Crippen LogP contribution in [0, 0.1) is 5.82 Å². The van der Waals surface area contributed by atoms with Gasteiger partial charge in [-0.25, -0.2) is 4.39 Å². The predicted molar refractivity (Wildman–Crippen MR) is 76.6 cm³/mol. The molecule has 0 unspecified atom stereocenters. The Balaban J connectivity index is 1.76. The Bertz CT molecular complexity index is 425. The molecule has 0 saturated heterocycles. The van der Waals surface area contributed by atoms with Crippen molar-refractivity contribution in [3.05, 3.63) is 35.6 Å². The molecule has 0 bridgehead atoms. The van der Waals surface area contributed by atoms with E-state index in [1.54, 1.807) is 12.1 Å². The van der Waals surface area contributed by atoms with Crippen molar-refractivity contribution < 1.29 is 4.39 Å². The molecule has 2 rings (SSSR count). The summed E-state index contributed by atoms with van der Waals surface area (Å²) < 4.78 is 13.4. The molecular weight excluding hydrogens is 241 g/mol. The van der Waals surface area contributed by atoms with E-state index in [0.717, 1.165) is 0 Å². The first-order chi connectivity index (χ1) is 9.25. The van der Waals surface area contributed by atoms with Crippen LogP contribution < -0.4 is 11.1 Å². The van der Waals surface area contributed by atoms with E-state index in [4.69, 9.17) is 5.73 Å². The van der Waals surface area contributed by atoms with Crippen LogP contribution in [0.4, 0.5) is 4.39 Å². The van der Waals surface area contributed by atoms with Gasteiger partial charge in [0, 0.05) is 12.6 Å². The van der Waals surface area contributed by atoms with Crippen LogP contribution in [0.15, 0.2) is 29.3 Å². The molecule has 0 amide bonds. The number of guanidine groups is 1. The normalized spacial score (nSPS) is 17.4. The number of rotatable bonds is 4. The first-order valence-electron chi connectivity index (χ1n) is 7.05. The van der Waals surface area contributed by atoms with E-state index in [9.17, 15) is 4.39 Å². The second-order valence-corrected chi connectivity index (χ2v) is 5.09. The molecule has 104 valence electrons. The van der Waals surface area contributed by atoms with Crippen molar-refractivity contribution in [2.45, 2.75) is 44.6 Å². The molecule has 1 aromatic carbocycles. The largest absolute Gasteiger partial charge is 0.370 e. The Morgan fingerprint density at radius 1 is 1.26 bits per heavy atom. The van der Waals surface area contributed by atoms with Crippen LogP contribution in [-0.2, 0) is 6.42 Å². The number of hydrogen-bond donors (Lipinski definition) is 2. The minimum Gasteiger partial charge on any atom is -0.370 e.